The highest BCUT2D eigenvalue weighted by Gasteiger charge is 2.11. The summed E-state index contributed by atoms with van der Waals surface area (Å²) in [5.74, 6) is 2.15. The Morgan fingerprint density at radius 2 is 1.90 bits per heavy atom. The van der Waals surface area contributed by atoms with E-state index < -0.39 is 0 Å². The Morgan fingerprint density at radius 3 is 2.52 bits per heavy atom. The van der Waals surface area contributed by atoms with E-state index in [1.165, 1.54) is 0 Å². The quantitative estimate of drug-likeness (QED) is 0.907. The number of aromatic nitrogens is 3. The summed E-state index contributed by atoms with van der Waals surface area (Å²) < 4.78 is 0. The Kier molecular flexibility index (Phi) is 4.89. The molecule has 0 saturated carbocycles. The average molecular weight is 284 g/mol. The molecule has 0 aromatic carbocycles. The molecule has 0 saturated heterocycles. The van der Waals surface area contributed by atoms with Crippen LogP contribution in [0.25, 0.3) is 11.5 Å². The molecule has 112 valence electrons. The zero-order valence-corrected chi connectivity index (χ0v) is 13.6. The summed E-state index contributed by atoms with van der Waals surface area (Å²) in [6.45, 7) is 11.4. The molecule has 0 aliphatic rings. The van der Waals surface area contributed by atoms with Crippen LogP contribution in [0.3, 0.4) is 0 Å². The second kappa shape index (κ2) is 6.66. The first-order valence-electron chi connectivity index (χ1n) is 7.55. The van der Waals surface area contributed by atoms with Gasteiger partial charge in [-0.2, -0.15) is 0 Å². The molecular formula is C17H24N4. The molecule has 0 amide bonds. The number of hydrogen-bond acceptors (Lipinski definition) is 4. The number of rotatable bonds is 5. The fraction of sp³-hybridized carbons (Fsp3) is 0.471. The van der Waals surface area contributed by atoms with Crippen molar-refractivity contribution < 1.29 is 0 Å². The molecule has 2 heterocycles. The molecule has 2 rings (SSSR count). The lowest BCUT2D eigenvalue weighted by Gasteiger charge is -2.11. The van der Waals surface area contributed by atoms with Crippen LogP contribution in [-0.4, -0.2) is 21.5 Å². The molecule has 1 N–H and O–H groups in total. The standard InChI is InChI=1S/C17H24N4/c1-6-18-15-9-14(7-11(2)3)20-17(21-15)16-13(5)8-12(4)10-19-16/h8-11H,6-7H2,1-5H3,(H,18,20,21). The average Bonchev–Trinajstić information content (AvgIpc) is 2.37. The van der Waals surface area contributed by atoms with Crippen LogP contribution < -0.4 is 5.32 Å². The third-order valence-electron chi connectivity index (χ3n) is 3.18. The smallest absolute Gasteiger partial charge is 0.180 e. The Morgan fingerprint density at radius 1 is 1.14 bits per heavy atom. The maximum Gasteiger partial charge on any atom is 0.180 e. The molecule has 2 aromatic rings. The molecule has 0 spiro atoms. The maximum atomic E-state index is 4.70. The number of nitrogens with one attached hydrogen (secondary N) is 1. The molecule has 0 aliphatic carbocycles. The van der Waals surface area contributed by atoms with E-state index in [1.807, 2.05) is 19.2 Å². The third kappa shape index (κ3) is 4.00. The van der Waals surface area contributed by atoms with Crippen molar-refractivity contribution in [3.63, 3.8) is 0 Å². The fourth-order valence-corrected chi connectivity index (χ4v) is 2.35. The number of anilines is 1. The third-order valence-corrected chi connectivity index (χ3v) is 3.18. The van der Waals surface area contributed by atoms with Crippen molar-refractivity contribution in [3.05, 3.63) is 35.2 Å². The van der Waals surface area contributed by atoms with Gasteiger partial charge in [0.1, 0.15) is 11.5 Å². The van der Waals surface area contributed by atoms with Crippen molar-refractivity contribution in [2.75, 3.05) is 11.9 Å². The Balaban J connectivity index is 2.48. The normalized spacial score (nSPS) is 11.0. The first kappa shape index (κ1) is 15.4. The predicted octanol–water partition coefficient (Wildman–Crippen LogP) is 3.79. The monoisotopic (exact) mass is 284 g/mol. The lowest BCUT2D eigenvalue weighted by Crippen LogP contribution is -2.07. The minimum Gasteiger partial charge on any atom is -0.370 e. The van der Waals surface area contributed by atoms with Crippen molar-refractivity contribution in [2.24, 2.45) is 5.92 Å². The van der Waals surface area contributed by atoms with E-state index >= 15 is 0 Å². The van der Waals surface area contributed by atoms with E-state index in [9.17, 15) is 0 Å². The van der Waals surface area contributed by atoms with Gasteiger partial charge in [0.2, 0.25) is 0 Å². The van der Waals surface area contributed by atoms with Gasteiger partial charge in [-0.05, 0) is 44.2 Å². The summed E-state index contributed by atoms with van der Waals surface area (Å²) in [7, 11) is 0. The largest absolute Gasteiger partial charge is 0.370 e. The molecule has 0 aliphatic heterocycles. The van der Waals surface area contributed by atoms with Crippen molar-refractivity contribution in [1.29, 1.82) is 0 Å². The van der Waals surface area contributed by atoms with Crippen molar-refractivity contribution in [1.82, 2.24) is 15.0 Å². The molecular weight excluding hydrogens is 260 g/mol. The van der Waals surface area contributed by atoms with E-state index in [4.69, 9.17) is 4.98 Å². The second-order valence-corrected chi connectivity index (χ2v) is 5.87. The molecule has 4 nitrogen and oxygen atoms in total. The minimum atomic E-state index is 0.564. The zero-order chi connectivity index (χ0) is 15.4. The topological polar surface area (TPSA) is 50.7 Å². The SMILES string of the molecule is CCNc1cc(CC(C)C)nc(-c2ncc(C)cc2C)n1. The van der Waals surface area contributed by atoms with Crippen LogP contribution in [0.2, 0.25) is 0 Å². The number of nitrogens with zero attached hydrogens (tertiary/aromatic N) is 3. The van der Waals surface area contributed by atoms with Gasteiger partial charge >= 0.3 is 0 Å². The summed E-state index contributed by atoms with van der Waals surface area (Å²) in [5, 5.41) is 3.28. The number of pyridine rings is 1. The van der Waals surface area contributed by atoms with Gasteiger partial charge in [-0.15, -0.1) is 0 Å². The van der Waals surface area contributed by atoms with Crippen molar-refractivity contribution in [3.8, 4) is 11.5 Å². The highest BCUT2D eigenvalue weighted by Crippen LogP contribution is 2.21. The summed E-state index contributed by atoms with van der Waals surface area (Å²) in [4.78, 5) is 13.8. The Bertz CT molecular complexity index is 620. The minimum absolute atomic E-state index is 0.564. The Hall–Kier alpha value is -1.97. The van der Waals surface area contributed by atoms with Gasteiger partial charge in [-0.3, -0.25) is 4.98 Å². The van der Waals surface area contributed by atoms with Gasteiger partial charge in [-0.1, -0.05) is 19.9 Å². The molecule has 4 heteroatoms. The van der Waals surface area contributed by atoms with E-state index in [0.29, 0.717) is 11.7 Å². The lowest BCUT2D eigenvalue weighted by molar-refractivity contribution is 0.634. The maximum absolute atomic E-state index is 4.70. The van der Waals surface area contributed by atoms with Gasteiger partial charge in [-0.25, -0.2) is 9.97 Å². The van der Waals surface area contributed by atoms with Crippen LogP contribution in [0.5, 0.6) is 0 Å². The van der Waals surface area contributed by atoms with Crippen LogP contribution in [0.15, 0.2) is 18.3 Å². The fourth-order valence-electron chi connectivity index (χ4n) is 2.35. The first-order valence-corrected chi connectivity index (χ1v) is 7.55. The molecule has 0 bridgehead atoms. The van der Waals surface area contributed by atoms with Gasteiger partial charge in [0.15, 0.2) is 5.82 Å². The lowest BCUT2D eigenvalue weighted by atomic mass is 10.1. The number of aryl methyl sites for hydroxylation is 2. The van der Waals surface area contributed by atoms with Crippen LogP contribution in [0.4, 0.5) is 5.82 Å². The van der Waals surface area contributed by atoms with E-state index in [-0.39, 0.29) is 0 Å². The van der Waals surface area contributed by atoms with Gasteiger partial charge < -0.3 is 5.32 Å². The van der Waals surface area contributed by atoms with Gasteiger partial charge in [0, 0.05) is 24.5 Å². The first-order chi connectivity index (χ1) is 9.99. The highest BCUT2D eigenvalue weighted by atomic mass is 15.0. The predicted molar refractivity (Wildman–Crippen MR) is 87.4 cm³/mol. The summed E-state index contributed by atoms with van der Waals surface area (Å²) in [6.07, 6.45) is 2.81. The second-order valence-electron chi connectivity index (χ2n) is 5.87. The van der Waals surface area contributed by atoms with E-state index in [1.54, 1.807) is 0 Å². The molecule has 0 atom stereocenters. The molecule has 0 fully saturated rings. The van der Waals surface area contributed by atoms with E-state index in [2.05, 4.69) is 49.0 Å². The van der Waals surface area contributed by atoms with Crippen LogP contribution in [0, 0.1) is 19.8 Å². The van der Waals surface area contributed by atoms with E-state index in [0.717, 1.165) is 41.3 Å². The van der Waals surface area contributed by atoms with Crippen LogP contribution in [0.1, 0.15) is 37.6 Å². The van der Waals surface area contributed by atoms with Gasteiger partial charge in [0.25, 0.3) is 0 Å². The Labute approximate surface area is 127 Å². The summed E-state index contributed by atoms with van der Waals surface area (Å²) >= 11 is 0. The molecule has 21 heavy (non-hydrogen) atoms. The molecule has 2 aromatic heterocycles. The van der Waals surface area contributed by atoms with Crippen LogP contribution in [-0.2, 0) is 6.42 Å². The summed E-state index contributed by atoms with van der Waals surface area (Å²) in [5.41, 5.74) is 4.19. The van der Waals surface area contributed by atoms with Crippen LogP contribution >= 0.6 is 0 Å². The molecule has 0 unspecified atom stereocenters. The van der Waals surface area contributed by atoms with Crippen molar-refractivity contribution >= 4 is 5.82 Å². The highest BCUT2D eigenvalue weighted by molar-refractivity contribution is 5.57. The summed E-state index contributed by atoms with van der Waals surface area (Å²) in [6, 6.07) is 4.16. The molecule has 0 radical (unpaired) electrons. The van der Waals surface area contributed by atoms with Gasteiger partial charge in [0.05, 0.1) is 0 Å². The zero-order valence-electron chi connectivity index (χ0n) is 13.6. The number of hydrogen-bond donors (Lipinski definition) is 1. The van der Waals surface area contributed by atoms with Crippen molar-refractivity contribution in [2.45, 2.75) is 41.0 Å².